The van der Waals surface area contributed by atoms with E-state index in [-0.39, 0.29) is 10.6 Å². The molecule has 2 rings (SSSR count). The van der Waals surface area contributed by atoms with E-state index in [2.05, 4.69) is 11.2 Å². The Balaban J connectivity index is 2.67. The minimum Gasteiger partial charge on any atom is -0.258 e. The maximum atomic E-state index is 11.3. The largest absolute Gasteiger partial charge is 0.313 e. The molecule has 0 atom stereocenters. The zero-order chi connectivity index (χ0) is 15.6. The van der Waals surface area contributed by atoms with Crippen LogP contribution >= 0.6 is 0 Å². The number of benzene rings is 1. The number of hydrogen-bond donors (Lipinski definition) is 0. The molecule has 1 aromatic heterocycles. The summed E-state index contributed by atoms with van der Waals surface area (Å²) in [5.41, 5.74) is 3.33. The fourth-order valence-corrected chi connectivity index (χ4v) is 2.38. The van der Waals surface area contributed by atoms with Crippen molar-refractivity contribution in [3.63, 3.8) is 0 Å². The Kier molecular flexibility index (Phi) is 4.03. The minimum absolute atomic E-state index is 0.0991. The number of aromatic nitrogens is 2. The van der Waals surface area contributed by atoms with Gasteiger partial charge in [0.15, 0.2) is 0 Å². The van der Waals surface area contributed by atoms with Crippen LogP contribution in [0.1, 0.15) is 36.4 Å². The summed E-state index contributed by atoms with van der Waals surface area (Å²) in [5.74, 6) is 0. The van der Waals surface area contributed by atoms with Crippen LogP contribution < -0.4 is 0 Å². The summed E-state index contributed by atoms with van der Waals surface area (Å²) < 4.78 is 1.62. The van der Waals surface area contributed by atoms with Crippen molar-refractivity contribution in [2.75, 3.05) is 0 Å². The molecule has 0 amide bonds. The van der Waals surface area contributed by atoms with E-state index in [0.29, 0.717) is 29.8 Å². The Hall–Kier alpha value is -2.68. The van der Waals surface area contributed by atoms with Crippen LogP contribution in [0, 0.1) is 28.4 Å². The molecule has 108 valence electrons. The van der Waals surface area contributed by atoms with Crippen molar-refractivity contribution in [1.29, 1.82) is 5.26 Å². The Morgan fingerprint density at radius 1 is 1.38 bits per heavy atom. The number of rotatable bonds is 4. The highest BCUT2D eigenvalue weighted by molar-refractivity contribution is 5.50. The summed E-state index contributed by atoms with van der Waals surface area (Å²) >= 11 is 0. The minimum atomic E-state index is -0.363. The molecule has 0 saturated heterocycles. The molecule has 6 heteroatoms. The van der Waals surface area contributed by atoms with E-state index in [0.717, 1.165) is 11.3 Å². The molecule has 0 spiro atoms. The molecule has 0 aliphatic rings. The van der Waals surface area contributed by atoms with E-state index in [9.17, 15) is 10.1 Å². The lowest BCUT2D eigenvalue weighted by Gasteiger charge is -2.07. The molecule has 6 nitrogen and oxygen atoms in total. The fourth-order valence-electron chi connectivity index (χ4n) is 2.38. The first kappa shape index (κ1) is 14.7. The molecular formula is C15H16N4O2. The van der Waals surface area contributed by atoms with Gasteiger partial charge in [-0.15, -0.1) is 0 Å². The van der Waals surface area contributed by atoms with Gasteiger partial charge in [0.05, 0.1) is 22.2 Å². The van der Waals surface area contributed by atoms with E-state index in [4.69, 9.17) is 5.26 Å². The summed E-state index contributed by atoms with van der Waals surface area (Å²) in [7, 11) is 0. The smallest absolute Gasteiger partial charge is 0.258 e. The third kappa shape index (κ3) is 2.50. The first-order valence-electron chi connectivity index (χ1n) is 6.79. The van der Waals surface area contributed by atoms with E-state index < -0.39 is 0 Å². The molecule has 2 aromatic rings. The Bertz CT molecular complexity index is 741. The number of nitriles is 1. The van der Waals surface area contributed by atoms with Gasteiger partial charge in [0.25, 0.3) is 0 Å². The van der Waals surface area contributed by atoms with Gasteiger partial charge < -0.3 is 0 Å². The zero-order valence-electron chi connectivity index (χ0n) is 12.3. The molecule has 0 aliphatic heterocycles. The van der Waals surface area contributed by atoms with E-state index in [1.54, 1.807) is 16.8 Å². The number of hydrogen-bond acceptors (Lipinski definition) is 4. The van der Waals surface area contributed by atoms with Crippen molar-refractivity contribution >= 4 is 5.69 Å². The van der Waals surface area contributed by atoms with Crippen LogP contribution in [0.5, 0.6) is 0 Å². The quantitative estimate of drug-likeness (QED) is 0.637. The molecule has 0 aliphatic carbocycles. The Morgan fingerprint density at radius 3 is 2.57 bits per heavy atom. The lowest BCUT2D eigenvalue weighted by molar-refractivity contribution is -0.386. The van der Waals surface area contributed by atoms with Crippen molar-refractivity contribution < 1.29 is 4.92 Å². The van der Waals surface area contributed by atoms with Crippen LogP contribution in [0.4, 0.5) is 5.69 Å². The van der Waals surface area contributed by atoms with Crippen LogP contribution in [0.3, 0.4) is 0 Å². The van der Waals surface area contributed by atoms with E-state index in [1.807, 2.05) is 26.8 Å². The summed E-state index contributed by atoms with van der Waals surface area (Å²) in [6.07, 6.45) is 1.02. The van der Waals surface area contributed by atoms with Crippen molar-refractivity contribution in [2.45, 2.75) is 33.6 Å². The number of nitrogens with zero attached hydrogens (tertiary/aromatic N) is 4. The van der Waals surface area contributed by atoms with Gasteiger partial charge in [0.2, 0.25) is 0 Å². The average Bonchev–Trinajstić information content (AvgIpc) is 2.85. The third-order valence-corrected chi connectivity index (χ3v) is 3.45. The molecule has 1 aromatic carbocycles. The lowest BCUT2D eigenvalue weighted by atomic mass is 10.1. The summed E-state index contributed by atoms with van der Waals surface area (Å²) in [5, 5.41) is 24.6. The van der Waals surface area contributed by atoms with Crippen molar-refractivity contribution in [3.05, 3.63) is 50.8 Å². The predicted octanol–water partition coefficient (Wildman–Crippen LogP) is 3.09. The second kappa shape index (κ2) is 5.75. The number of nitro groups is 1. The van der Waals surface area contributed by atoms with Gasteiger partial charge in [-0.1, -0.05) is 13.8 Å². The number of aryl methyl sites for hydroxylation is 2. The summed E-state index contributed by atoms with van der Waals surface area (Å²) in [4.78, 5) is 10.9. The maximum absolute atomic E-state index is 11.3. The summed E-state index contributed by atoms with van der Waals surface area (Å²) in [6.45, 7) is 5.56. The van der Waals surface area contributed by atoms with Crippen molar-refractivity contribution in [1.82, 2.24) is 9.78 Å². The molecule has 0 fully saturated rings. The highest BCUT2D eigenvalue weighted by Crippen LogP contribution is 2.27. The normalized spacial score (nSPS) is 10.4. The third-order valence-electron chi connectivity index (χ3n) is 3.45. The fraction of sp³-hybridized carbons (Fsp3) is 0.333. The van der Waals surface area contributed by atoms with Gasteiger partial charge in [0.1, 0.15) is 11.4 Å². The van der Waals surface area contributed by atoms with Crippen LogP contribution in [0.15, 0.2) is 18.2 Å². The van der Waals surface area contributed by atoms with Gasteiger partial charge in [-0.05, 0) is 43.5 Å². The molecule has 0 radical (unpaired) electrons. The van der Waals surface area contributed by atoms with Gasteiger partial charge >= 0.3 is 5.69 Å². The van der Waals surface area contributed by atoms with Crippen molar-refractivity contribution in [3.8, 4) is 11.8 Å². The highest BCUT2D eigenvalue weighted by atomic mass is 16.6. The van der Waals surface area contributed by atoms with E-state index in [1.165, 1.54) is 0 Å². The molecule has 0 saturated carbocycles. The SMILES string of the molecule is CCc1nn(-c2ccc(C#N)c(C)c2)c(CC)c1[N+](=O)[O-]. The van der Waals surface area contributed by atoms with Gasteiger partial charge in [0, 0.05) is 0 Å². The molecule has 1 heterocycles. The molecule has 0 unspecified atom stereocenters. The zero-order valence-corrected chi connectivity index (χ0v) is 12.3. The second-order valence-corrected chi connectivity index (χ2v) is 4.73. The van der Waals surface area contributed by atoms with Crippen LogP contribution in [-0.4, -0.2) is 14.7 Å². The van der Waals surface area contributed by atoms with Crippen LogP contribution in [-0.2, 0) is 12.8 Å². The maximum Gasteiger partial charge on any atom is 0.313 e. The highest BCUT2D eigenvalue weighted by Gasteiger charge is 2.26. The second-order valence-electron chi connectivity index (χ2n) is 4.73. The molecular weight excluding hydrogens is 268 g/mol. The molecule has 0 N–H and O–H groups in total. The topological polar surface area (TPSA) is 84.8 Å². The van der Waals surface area contributed by atoms with Gasteiger partial charge in [-0.2, -0.15) is 10.4 Å². The molecule has 0 bridgehead atoms. The Morgan fingerprint density at radius 2 is 2.10 bits per heavy atom. The Labute approximate surface area is 122 Å². The average molecular weight is 284 g/mol. The van der Waals surface area contributed by atoms with Crippen LogP contribution in [0.2, 0.25) is 0 Å². The van der Waals surface area contributed by atoms with Crippen LogP contribution in [0.25, 0.3) is 5.69 Å². The molecule has 21 heavy (non-hydrogen) atoms. The van der Waals surface area contributed by atoms with E-state index >= 15 is 0 Å². The monoisotopic (exact) mass is 284 g/mol. The van der Waals surface area contributed by atoms with Gasteiger partial charge in [-0.25, -0.2) is 4.68 Å². The van der Waals surface area contributed by atoms with Gasteiger partial charge in [-0.3, -0.25) is 10.1 Å². The standard InChI is InChI=1S/C15H16N4O2/c1-4-13-15(19(20)21)14(5-2)18(17-13)12-7-6-11(9-16)10(3)8-12/h6-8H,4-5H2,1-3H3. The first-order valence-corrected chi connectivity index (χ1v) is 6.79. The lowest BCUT2D eigenvalue weighted by Crippen LogP contribution is -2.03. The summed E-state index contributed by atoms with van der Waals surface area (Å²) in [6, 6.07) is 7.41. The first-order chi connectivity index (χ1) is 10.0. The predicted molar refractivity (Wildman–Crippen MR) is 78.4 cm³/mol. The van der Waals surface area contributed by atoms with Crippen molar-refractivity contribution in [2.24, 2.45) is 0 Å².